The Morgan fingerprint density at radius 2 is 2.22 bits per heavy atom. The van der Waals surface area contributed by atoms with Crippen molar-refractivity contribution in [1.82, 2.24) is 5.32 Å². The van der Waals surface area contributed by atoms with Crippen molar-refractivity contribution < 1.29 is 14.6 Å². The number of nitrogens with one attached hydrogen (secondary N) is 1. The number of hydrogen-bond donors (Lipinski definition) is 2. The molecule has 0 aromatic heterocycles. The van der Waals surface area contributed by atoms with E-state index in [1.54, 1.807) is 19.2 Å². The van der Waals surface area contributed by atoms with E-state index in [0.29, 0.717) is 18.7 Å². The van der Waals surface area contributed by atoms with E-state index in [4.69, 9.17) is 9.84 Å². The van der Waals surface area contributed by atoms with Gasteiger partial charge in [0.2, 0.25) is 0 Å². The van der Waals surface area contributed by atoms with Crippen molar-refractivity contribution in [3.63, 3.8) is 0 Å². The van der Waals surface area contributed by atoms with Crippen molar-refractivity contribution in [3.05, 3.63) is 34.9 Å². The fourth-order valence-electron chi connectivity index (χ4n) is 1.50. The highest BCUT2D eigenvalue weighted by Gasteiger charge is 2.06. The molecule has 0 aliphatic rings. The molecular formula is C14H17NO3. The maximum atomic E-state index is 11.8. The van der Waals surface area contributed by atoms with Crippen LogP contribution in [0.15, 0.2) is 18.2 Å². The highest BCUT2D eigenvalue weighted by molar-refractivity contribution is 5.94. The summed E-state index contributed by atoms with van der Waals surface area (Å²) in [5.74, 6) is 5.21. The summed E-state index contributed by atoms with van der Waals surface area (Å²) in [6, 6.07) is 5.37. The van der Waals surface area contributed by atoms with E-state index in [2.05, 4.69) is 17.2 Å². The number of hydrogen-bond acceptors (Lipinski definition) is 3. The Morgan fingerprint density at radius 3 is 2.89 bits per heavy atom. The van der Waals surface area contributed by atoms with E-state index in [9.17, 15) is 4.79 Å². The Labute approximate surface area is 107 Å². The normalized spacial score (nSPS) is 9.50. The number of carbonyl (C=O) groups excluding carboxylic acids is 1. The summed E-state index contributed by atoms with van der Waals surface area (Å²) < 4.78 is 4.86. The first-order chi connectivity index (χ1) is 8.67. The molecule has 1 rings (SSSR count). The number of benzene rings is 1. The van der Waals surface area contributed by atoms with Crippen LogP contribution in [-0.2, 0) is 4.74 Å². The maximum absolute atomic E-state index is 11.8. The topological polar surface area (TPSA) is 58.6 Å². The van der Waals surface area contributed by atoms with Crippen molar-refractivity contribution in [2.45, 2.75) is 6.92 Å². The van der Waals surface area contributed by atoms with Crippen LogP contribution in [0.5, 0.6) is 0 Å². The summed E-state index contributed by atoms with van der Waals surface area (Å²) in [4.78, 5) is 11.8. The van der Waals surface area contributed by atoms with Crippen LogP contribution in [0, 0.1) is 18.8 Å². The van der Waals surface area contributed by atoms with Gasteiger partial charge in [-0.25, -0.2) is 0 Å². The van der Waals surface area contributed by atoms with Crippen LogP contribution < -0.4 is 5.32 Å². The van der Waals surface area contributed by atoms with Crippen LogP contribution in [0.2, 0.25) is 0 Å². The molecule has 0 saturated carbocycles. The van der Waals surface area contributed by atoms with Crippen molar-refractivity contribution in [2.24, 2.45) is 0 Å². The molecule has 0 radical (unpaired) electrons. The van der Waals surface area contributed by atoms with Gasteiger partial charge in [-0.2, -0.15) is 0 Å². The smallest absolute Gasteiger partial charge is 0.251 e. The first-order valence-electron chi connectivity index (χ1n) is 5.66. The van der Waals surface area contributed by atoms with Gasteiger partial charge in [0.05, 0.1) is 6.61 Å². The third-order valence-electron chi connectivity index (χ3n) is 2.24. The zero-order chi connectivity index (χ0) is 13.4. The second-order valence-electron chi connectivity index (χ2n) is 3.80. The highest BCUT2D eigenvalue weighted by Crippen LogP contribution is 2.08. The molecule has 0 unspecified atom stereocenters. The van der Waals surface area contributed by atoms with Crippen LogP contribution in [0.25, 0.3) is 0 Å². The van der Waals surface area contributed by atoms with E-state index in [1.165, 1.54) is 0 Å². The zero-order valence-electron chi connectivity index (χ0n) is 10.6. The summed E-state index contributed by atoms with van der Waals surface area (Å²) in [6.45, 7) is 2.66. The number of rotatable bonds is 4. The lowest BCUT2D eigenvalue weighted by molar-refractivity contribution is 0.0937. The molecule has 0 fully saturated rings. The van der Waals surface area contributed by atoms with E-state index in [-0.39, 0.29) is 12.5 Å². The lowest BCUT2D eigenvalue weighted by Gasteiger charge is -2.06. The number of aliphatic hydroxyl groups is 1. The second-order valence-corrected chi connectivity index (χ2v) is 3.80. The Bertz CT molecular complexity index is 472. The quantitative estimate of drug-likeness (QED) is 0.608. The number of amides is 1. The average Bonchev–Trinajstić information content (AvgIpc) is 2.36. The molecule has 4 nitrogen and oxygen atoms in total. The van der Waals surface area contributed by atoms with Crippen molar-refractivity contribution in [3.8, 4) is 11.8 Å². The van der Waals surface area contributed by atoms with E-state index >= 15 is 0 Å². The molecule has 0 spiro atoms. The summed E-state index contributed by atoms with van der Waals surface area (Å²) >= 11 is 0. The number of methoxy groups -OCH3 is 1. The van der Waals surface area contributed by atoms with E-state index < -0.39 is 0 Å². The molecule has 0 aliphatic carbocycles. The highest BCUT2D eigenvalue weighted by atomic mass is 16.5. The SMILES string of the molecule is COCCNC(=O)c1cc(C)cc(C#CCO)c1. The van der Waals surface area contributed by atoms with Crippen molar-refractivity contribution >= 4 is 5.91 Å². The maximum Gasteiger partial charge on any atom is 0.251 e. The fraction of sp³-hybridized carbons (Fsp3) is 0.357. The monoisotopic (exact) mass is 247 g/mol. The van der Waals surface area contributed by atoms with Gasteiger partial charge < -0.3 is 15.2 Å². The zero-order valence-corrected chi connectivity index (χ0v) is 10.6. The average molecular weight is 247 g/mol. The van der Waals surface area contributed by atoms with Gasteiger partial charge in [-0.3, -0.25) is 4.79 Å². The molecule has 0 aliphatic heterocycles. The van der Waals surface area contributed by atoms with Gasteiger partial charge in [-0.05, 0) is 30.7 Å². The fourth-order valence-corrected chi connectivity index (χ4v) is 1.50. The largest absolute Gasteiger partial charge is 0.384 e. The predicted molar refractivity (Wildman–Crippen MR) is 69.4 cm³/mol. The van der Waals surface area contributed by atoms with Gasteiger partial charge in [-0.15, -0.1) is 0 Å². The molecule has 0 saturated heterocycles. The lowest BCUT2D eigenvalue weighted by atomic mass is 10.1. The minimum Gasteiger partial charge on any atom is -0.384 e. The van der Waals surface area contributed by atoms with Crippen molar-refractivity contribution in [1.29, 1.82) is 0 Å². The van der Waals surface area contributed by atoms with Crippen LogP contribution in [0.3, 0.4) is 0 Å². The molecule has 1 amide bonds. The number of ether oxygens (including phenoxy) is 1. The predicted octanol–water partition coefficient (Wildman–Crippen LogP) is 0.715. The Kier molecular flexibility index (Phi) is 5.92. The van der Waals surface area contributed by atoms with Gasteiger partial charge in [0.25, 0.3) is 5.91 Å². The Morgan fingerprint density at radius 1 is 1.44 bits per heavy atom. The van der Waals surface area contributed by atoms with Crippen LogP contribution in [-0.4, -0.2) is 37.9 Å². The standard InChI is InChI=1S/C14H17NO3/c1-11-8-12(4-3-6-16)10-13(9-11)14(17)15-5-7-18-2/h8-10,16H,5-7H2,1-2H3,(H,15,17). The van der Waals surface area contributed by atoms with Gasteiger partial charge in [0.1, 0.15) is 6.61 Å². The molecule has 2 N–H and O–H groups in total. The molecule has 0 atom stereocenters. The van der Waals surface area contributed by atoms with Gasteiger partial charge >= 0.3 is 0 Å². The Balaban J connectivity index is 2.81. The van der Waals surface area contributed by atoms with Crippen LogP contribution in [0.1, 0.15) is 21.5 Å². The first kappa shape index (κ1) is 14.2. The van der Waals surface area contributed by atoms with Gasteiger partial charge in [-0.1, -0.05) is 11.8 Å². The van der Waals surface area contributed by atoms with Crippen LogP contribution in [0.4, 0.5) is 0 Å². The van der Waals surface area contributed by atoms with E-state index in [1.807, 2.05) is 13.0 Å². The summed E-state index contributed by atoms with van der Waals surface area (Å²) in [6.07, 6.45) is 0. The Hall–Kier alpha value is -1.83. The summed E-state index contributed by atoms with van der Waals surface area (Å²) in [5, 5.41) is 11.4. The number of carbonyl (C=O) groups is 1. The third kappa shape index (κ3) is 4.58. The molecule has 96 valence electrons. The molecule has 18 heavy (non-hydrogen) atoms. The molecule has 0 bridgehead atoms. The molecule has 1 aromatic carbocycles. The minimum atomic E-state index is -0.191. The first-order valence-corrected chi connectivity index (χ1v) is 5.66. The minimum absolute atomic E-state index is 0.150. The van der Waals surface area contributed by atoms with E-state index in [0.717, 1.165) is 11.1 Å². The third-order valence-corrected chi connectivity index (χ3v) is 2.24. The molecular weight excluding hydrogens is 230 g/mol. The van der Waals surface area contributed by atoms with Crippen molar-refractivity contribution in [2.75, 3.05) is 26.9 Å². The summed E-state index contributed by atoms with van der Waals surface area (Å²) in [7, 11) is 1.58. The summed E-state index contributed by atoms with van der Waals surface area (Å²) in [5.41, 5.74) is 2.24. The van der Waals surface area contributed by atoms with Gasteiger partial charge in [0, 0.05) is 24.8 Å². The van der Waals surface area contributed by atoms with Gasteiger partial charge in [0.15, 0.2) is 0 Å². The molecule has 4 heteroatoms. The number of aliphatic hydroxyl groups excluding tert-OH is 1. The molecule has 1 aromatic rings. The lowest BCUT2D eigenvalue weighted by Crippen LogP contribution is -2.27. The van der Waals surface area contributed by atoms with Crippen LogP contribution >= 0.6 is 0 Å². The number of aryl methyl sites for hydroxylation is 1. The second kappa shape index (κ2) is 7.49. The molecule has 0 heterocycles.